The first-order valence-corrected chi connectivity index (χ1v) is 7.79. The van der Waals surface area contributed by atoms with E-state index in [1.165, 1.54) is 0 Å². The molecule has 0 radical (unpaired) electrons. The van der Waals surface area contributed by atoms with Crippen LogP contribution in [-0.2, 0) is 16.1 Å². The summed E-state index contributed by atoms with van der Waals surface area (Å²) in [5.74, 6) is 1.40. The van der Waals surface area contributed by atoms with Gasteiger partial charge in [0, 0.05) is 19.1 Å². The number of ether oxygens (including phenoxy) is 3. The van der Waals surface area contributed by atoms with Crippen molar-refractivity contribution >= 4 is 5.91 Å². The lowest BCUT2D eigenvalue weighted by molar-refractivity contribution is -0.124. The predicted molar refractivity (Wildman–Crippen MR) is 84.1 cm³/mol. The minimum Gasteiger partial charge on any atom is -0.493 e. The van der Waals surface area contributed by atoms with Crippen LogP contribution in [0.1, 0.15) is 32.3 Å². The number of carbonyl (C=O) groups excluding carboxylic acids is 1. The molecule has 0 aromatic heterocycles. The quantitative estimate of drug-likeness (QED) is 0.841. The molecule has 1 N–H and O–H groups in total. The largest absolute Gasteiger partial charge is 0.493 e. The third-order valence-electron chi connectivity index (χ3n) is 3.67. The summed E-state index contributed by atoms with van der Waals surface area (Å²) >= 11 is 0. The molecular weight excluding hydrogens is 282 g/mol. The maximum Gasteiger partial charge on any atom is 0.222 e. The zero-order chi connectivity index (χ0) is 15.9. The normalized spacial score (nSPS) is 17.5. The van der Waals surface area contributed by atoms with E-state index >= 15 is 0 Å². The topological polar surface area (TPSA) is 56.8 Å². The third-order valence-corrected chi connectivity index (χ3v) is 3.67. The lowest BCUT2D eigenvalue weighted by Gasteiger charge is -2.15. The highest BCUT2D eigenvalue weighted by atomic mass is 16.5. The Morgan fingerprint density at radius 1 is 1.41 bits per heavy atom. The average molecular weight is 307 g/mol. The van der Waals surface area contributed by atoms with E-state index in [0.29, 0.717) is 24.7 Å². The highest BCUT2D eigenvalue weighted by Gasteiger charge is 2.17. The summed E-state index contributed by atoms with van der Waals surface area (Å²) < 4.78 is 16.7. The molecule has 5 nitrogen and oxygen atoms in total. The first-order valence-electron chi connectivity index (χ1n) is 7.79. The molecule has 1 saturated heterocycles. The third kappa shape index (κ3) is 4.63. The van der Waals surface area contributed by atoms with Crippen LogP contribution in [0.3, 0.4) is 0 Å². The lowest BCUT2D eigenvalue weighted by atomic mass is 10.1. The van der Waals surface area contributed by atoms with E-state index in [1.807, 2.05) is 32.0 Å². The lowest BCUT2D eigenvalue weighted by Crippen LogP contribution is -2.27. The molecule has 1 atom stereocenters. The van der Waals surface area contributed by atoms with Gasteiger partial charge in [0.2, 0.25) is 5.91 Å². The van der Waals surface area contributed by atoms with Crippen molar-refractivity contribution in [2.45, 2.75) is 39.3 Å². The molecule has 0 unspecified atom stereocenters. The standard InChI is InChI=1S/C17H25NO4/c1-12(2)17(19)18-10-13-6-7-15(16(9-13)20-3)22-11-14-5-4-8-21-14/h6-7,9,12,14H,4-5,8,10-11H2,1-3H3,(H,18,19)/t14-/m1/s1. The first-order chi connectivity index (χ1) is 10.6. The van der Waals surface area contributed by atoms with Crippen LogP contribution >= 0.6 is 0 Å². The second-order valence-electron chi connectivity index (χ2n) is 5.80. The van der Waals surface area contributed by atoms with E-state index in [9.17, 15) is 4.79 Å². The molecule has 2 rings (SSSR count). The monoisotopic (exact) mass is 307 g/mol. The van der Waals surface area contributed by atoms with Crippen molar-refractivity contribution in [1.82, 2.24) is 5.32 Å². The number of amides is 1. The van der Waals surface area contributed by atoms with Gasteiger partial charge in [0.1, 0.15) is 6.61 Å². The van der Waals surface area contributed by atoms with Crippen molar-refractivity contribution in [2.75, 3.05) is 20.3 Å². The molecule has 1 heterocycles. The smallest absolute Gasteiger partial charge is 0.222 e. The van der Waals surface area contributed by atoms with E-state index in [2.05, 4.69) is 5.32 Å². The summed E-state index contributed by atoms with van der Waals surface area (Å²) in [5.41, 5.74) is 0.982. The van der Waals surface area contributed by atoms with E-state index in [0.717, 1.165) is 25.0 Å². The Morgan fingerprint density at radius 2 is 2.23 bits per heavy atom. The summed E-state index contributed by atoms with van der Waals surface area (Å²) in [5, 5.41) is 2.89. The Labute approximate surface area is 131 Å². The zero-order valence-electron chi connectivity index (χ0n) is 13.6. The summed E-state index contributed by atoms with van der Waals surface area (Å²) in [4.78, 5) is 11.6. The minimum absolute atomic E-state index is 0.0177. The number of hydrogen-bond acceptors (Lipinski definition) is 4. The summed E-state index contributed by atoms with van der Waals surface area (Å²) in [7, 11) is 1.62. The molecule has 122 valence electrons. The van der Waals surface area contributed by atoms with Crippen LogP contribution in [0.2, 0.25) is 0 Å². The van der Waals surface area contributed by atoms with Crippen molar-refractivity contribution in [3.05, 3.63) is 23.8 Å². The van der Waals surface area contributed by atoms with Gasteiger partial charge in [0.15, 0.2) is 11.5 Å². The Kier molecular flexibility index (Phi) is 6.07. The Bertz CT molecular complexity index is 495. The average Bonchev–Trinajstić information content (AvgIpc) is 3.04. The molecule has 5 heteroatoms. The fraction of sp³-hybridized carbons (Fsp3) is 0.588. The maximum atomic E-state index is 11.6. The van der Waals surface area contributed by atoms with Gasteiger partial charge in [0.05, 0.1) is 13.2 Å². The molecule has 1 aliphatic heterocycles. The molecule has 1 amide bonds. The Hall–Kier alpha value is -1.75. The first kappa shape index (κ1) is 16.6. The fourth-order valence-corrected chi connectivity index (χ4v) is 2.29. The van der Waals surface area contributed by atoms with E-state index < -0.39 is 0 Å². The van der Waals surface area contributed by atoms with Gasteiger partial charge >= 0.3 is 0 Å². The molecule has 0 spiro atoms. The zero-order valence-corrected chi connectivity index (χ0v) is 13.6. The van der Waals surface area contributed by atoms with Crippen LogP contribution in [0, 0.1) is 5.92 Å². The molecule has 0 saturated carbocycles. The van der Waals surface area contributed by atoms with Crippen LogP contribution in [0.15, 0.2) is 18.2 Å². The van der Waals surface area contributed by atoms with Crippen LogP contribution in [0.4, 0.5) is 0 Å². The molecule has 1 aliphatic rings. The van der Waals surface area contributed by atoms with E-state index in [1.54, 1.807) is 7.11 Å². The number of methoxy groups -OCH3 is 1. The number of benzene rings is 1. The molecule has 1 fully saturated rings. The van der Waals surface area contributed by atoms with Gasteiger partial charge in [-0.3, -0.25) is 4.79 Å². The van der Waals surface area contributed by atoms with Crippen LogP contribution in [0.25, 0.3) is 0 Å². The predicted octanol–water partition coefficient (Wildman–Crippen LogP) is 2.53. The fourth-order valence-electron chi connectivity index (χ4n) is 2.29. The molecule has 0 bridgehead atoms. The molecule has 1 aromatic carbocycles. The molecule has 22 heavy (non-hydrogen) atoms. The number of nitrogens with one attached hydrogen (secondary N) is 1. The number of hydrogen-bond donors (Lipinski definition) is 1. The Balaban J connectivity index is 1.93. The molecular formula is C17H25NO4. The number of rotatable bonds is 7. The van der Waals surface area contributed by atoms with Crippen molar-refractivity contribution in [2.24, 2.45) is 5.92 Å². The maximum absolute atomic E-state index is 11.6. The number of carbonyl (C=O) groups is 1. The van der Waals surface area contributed by atoms with Gasteiger partial charge in [-0.2, -0.15) is 0 Å². The summed E-state index contributed by atoms with van der Waals surface area (Å²) in [6.45, 7) is 5.59. The van der Waals surface area contributed by atoms with Crippen LogP contribution in [0.5, 0.6) is 11.5 Å². The van der Waals surface area contributed by atoms with Gasteiger partial charge in [-0.05, 0) is 30.5 Å². The molecule has 1 aromatic rings. The summed E-state index contributed by atoms with van der Waals surface area (Å²) in [6.07, 6.45) is 2.32. The summed E-state index contributed by atoms with van der Waals surface area (Å²) in [6, 6.07) is 5.71. The molecule has 0 aliphatic carbocycles. The van der Waals surface area contributed by atoms with Crippen molar-refractivity contribution in [3.8, 4) is 11.5 Å². The minimum atomic E-state index is -0.0177. The van der Waals surface area contributed by atoms with Crippen molar-refractivity contribution in [1.29, 1.82) is 0 Å². The highest BCUT2D eigenvalue weighted by molar-refractivity contribution is 5.77. The SMILES string of the molecule is COc1cc(CNC(=O)C(C)C)ccc1OC[C@H]1CCCO1. The van der Waals surface area contributed by atoms with Crippen LogP contribution in [-0.4, -0.2) is 32.3 Å². The van der Waals surface area contributed by atoms with Gasteiger partial charge in [-0.1, -0.05) is 19.9 Å². The second kappa shape index (κ2) is 8.03. The highest BCUT2D eigenvalue weighted by Crippen LogP contribution is 2.29. The van der Waals surface area contributed by atoms with Crippen molar-refractivity contribution < 1.29 is 19.0 Å². The second-order valence-corrected chi connectivity index (χ2v) is 5.80. The van der Waals surface area contributed by atoms with Gasteiger partial charge < -0.3 is 19.5 Å². The van der Waals surface area contributed by atoms with Crippen LogP contribution < -0.4 is 14.8 Å². The van der Waals surface area contributed by atoms with Gasteiger partial charge in [-0.25, -0.2) is 0 Å². The van der Waals surface area contributed by atoms with Gasteiger partial charge in [-0.15, -0.1) is 0 Å². The van der Waals surface area contributed by atoms with E-state index in [-0.39, 0.29) is 17.9 Å². The van der Waals surface area contributed by atoms with Crippen molar-refractivity contribution in [3.63, 3.8) is 0 Å². The Morgan fingerprint density at radius 3 is 2.86 bits per heavy atom. The van der Waals surface area contributed by atoms with Gasteiger partial charge in [0.25, 0.3) is 0 Å². The van der Waals surface area contributed by atoms with E-state index in [4.69, 9.17) is 14.2 Å².